The fourth-order valence-electron chi connectivity index (χ4n) is 2.25. The predicted molar refractivity (Wildman–Crippen MR) is 71.3 cm³/mol. The highest BCUT2D eigenvalue weighted by molar-refractivity contribution is 5.85. The molecule has 0 aliphatic carbocycles. The number of phenolic OH excluding ortho intramolecular Hbond substituents is 1. The van der Waals surface area contributed by atoms with Gasteiger partial charge in [0, 0.05) is 0 Å². The lowest BCUT2D eigenvalue weighted by Crippen LogP contribution is -2.22. The number of nitrogens with one attached hydrogen (secondary N) is 2. The maximum Gasteiger partial charge on any atom is 0.243 e. The molecular formula is C15H14N2O2. The third-order valence-corrected chi connectivity index (χ3v) is 3.24. The van der Waals surface area contributed by atoms with Crippen LogP contribution in [0, 0.1) is 0 Å². The van der Waals surface area contributed by atoms with Crippen LogP contribution in [0.1, 0.15) is 23.3 Å². The Morgan fingerprint density at radius 3 is 2.26 bits per heavy atom. The minimum Gasteiger partial charge on any atom is -0.508 e. The number of rotatable bonds is 2. The van der Waals surface area contributed by atoms with E-state index in [9.17, 15) is 9.90 Å². The SMILES string of the molecule is O=C1NC(c2ccccc2)NC1c1ccc(O)cc1. The Kier molecular flexibility index (Phi) is 2.93. The second-order valence-corrected chi connectivity index (χ2v) is 4.54. The van der Waals surface area contributed by atoms with Gasteiger partial charge >= 0.3 is 0 Å². The minimum atomic E-state index is -0.384. The first-order valence-electron chi connectivity index (χ1n) is 6.14. The average Bonchev–Trinajstić information content (AvgIpc) is 2.83. The van der Waals surface area contributed by atoms with Crippen molar-refractivity contribution in [1.29, 1.82) is 0 Å². The Labute approximate surface area is 111 Å². The quantitative estimate of drug-likeness (QED) is 0.766. The standard InChI is InChI=1S/C15H14N2O2/c18-12-8-6-10(7-9-12)13-15(19)17-14(16-13)11-4-2-1-3-5-11/h1-9,13-14,16,18H,(H,17,19). The summed E-state index contributed by atoms with van der Waals surface area (Å²) in [6, 6.07) is 16.0. The van der Waals surface area contributed by atoms with E-state index >= 15 is 0 Å². The molecule has 3 rings (SSSR count). The maximum absolute atomic E-state index is 12.0. The number of phenols is 1. The molecule has 2 atom stereocenters. The van der Waals surface area contributed by atoms with E-state index in [2.05, 4.69) is 10.6 Å². The van der Waals surface area contributed by atoms with Crippen molar-refractivity contribution >= 4 is 5.91 Å². The summed E-state index contributed by atoms with van der Waals surface area (Å²) >= 11 is 0. The highest BCUT2D eigenvalue weighted by atomic mass is 16.3. The van der Waals surface area contributed by atoms with E-state index in [1.54, 1.807) is 24.3 Å². The molecule has 2 unspecified atom stereocenters. The van der Waals surface area contributed by atoms with E-state index in [1.165, 1.54) is 0 Å². The smallest absolute Gasteiger partial charge is 0.243 e. The molecule has 4 heteroatoms. The Hall–Kier alpha value is -2.33. The molecule has 2 aromatic rings. The maximum atomic E-state index is 12.0. The van der Waals surface area contributed by atoms with Crippen molar-refractivity contribution < 1.29 is 9.90 Å². The van der Waals surface area contributed by atoms with Gasteiger partial charge in [0.2, 0.25) is 5.91 Å². The number of hydrogen-bond acceptors (Lipinski definition) is 3. The lowest BCUT2D eigenvalue weighted by atomic mass is 10.1. The molecule has 19 heavy (non-hydrogen) atoms. The molecule has 3 N–H and O–H groups in total. The van der Waals surface area contributed by atoms with E-state index in [0.717, 1.165) is 11.1 Å². The number of benzene rings is 2. The molecule has 0 saturated carbocycles. The first-order valence-corrected chi connectivity index (χ1v) is 6.14. The Morgan fingerprint density at radius 1 is 0.895 bits per heavy atom. The summed E-state index contributed by atoms with van der Waals surface area (Å²) in [6.07, 6.45) is -0.174. The van der Waals surface area contributed by atoms with Crippen LogP contribution in [0.5, 0.6) is 5.75 Å². The topological polar surface area (TPSA) is 61.4 Å². The van der Waals surface area contributed by atoms with E-state index in [1.807, 2.05) is 30.3 Å². The van der Waals surface area contributed by atoms with Gasteiger partial charge in [0.1, 0.15) is 18.0 Å². The molecule has 1 aliphatic rings. The summed E-state index contributed by atoms with van der Waals surface area (Å²) < 4.78 is 0. The van der Waals surface area contributed by atoms with Gasteiger partial charge in [-0.15, -0.1) is 0 Å². The molecule has 2 aromatic carbocycles. The molecule has 0 spiro atoms. The van der Waals surface area contributed by atoms with Gasteiger partial charge in [-0.25, -0.2) is 0 Å². The molecule has 1 fully saturated rings. The van der Waals surface area contributed by atoms with Crippen LogP contribution < -0.4 is 10.6 Å². The number of amides is 1. The molecule has 1 saturated heterocycles. The van der Waals surface area contributed by atoms with Gasteiger partial charge in [-0.2, -0.15) is 0 Å². The summed E-state index contributed by atoms with van der Waals surface area (Å²) in [5, 5.41) is 15.4. The second kappa shape index (κ2) is 4.74. The fraction of sp³-hybridized carbons (Fsp3) is 0.133. The van der Waals surface area contributed by atoms with Crippen LogP contribution in [0.15, 0.2) is 54.6 Å². The highest BCUT2D eigenvalue weighted by Gasteiger charge is 2.32. The minimum absolute atomic E-state index is 0.0560. The molecule has 1 heterocycles. The van der Waals surface area contributed by atoms with Crippen molar-refractivity contribution in [2.45, 2.75) is 12.2 Å². The zero-order valence-corrected chi connectivity index (χ0v) is 10.2. The van der Waals surface area contributed by atoms with Crippen molar-refractivity contribution in [3.63, 3.8) is 0 Å². The van der Waals surface area contributed by atoms with E-state index in [4.69, 9.17) is 0 Å². The second-order valence-electron chi connectivity index (χ2n) is 4.54. The lowest BCUT2D eigenvalue weighted by Gasteiger charge is -2.12. The monoisotopic (exact) mass is 254 g/mol. The summed E-state index contributed by atoms with van der Waals surface area (Å²) in [6.45, 7) is 0. The Balaban J connectivity index is 1.82. The van der Waals surface area contributed by atoms with Gasteiger partial charge in [0.05, 0.1) is 0 Å². The van der Waals surface area contributed by atoms with Crippen LogP contribution >= 0.6 is 0 Å². The van der Waals surface area contributed by atoms with Crippen LogP contribution in [-0.4, -0.2) is 11.0 Å². The van der Waals surface area contributed by atoms with Crippen LogP contribution in [0.4, 0.5) is 0 Å². The van der Waals surface area contributed by atoms with Crippen molar-refractivity contribution in [3.05, 3.63) is 65.7 Å². The van der Waals surface area contributed by atoms with Gasteiger partial charge in [0.15, 0.2) is 0 Å². The zero-order chi connectivity index (χ0) is 13.2. The van der Waals surface area contributed by atoms with E-state index < -0.39 is 0 Å². The Morgan fingerprint density at radius 2 is 1.58 bits per heavy atom. The van der Waals surface area contributed by atoms with Crippen molar-refractivity contribution in [3.8, 4) is 5.75 Å². The molecular weight excluding hydrogens is 240 g/mol. The summed E-state index contributed by atoms with van der Waals surface area (Å²) in [5.41, 5.74) is 1.87. The predicted octanol–water partition coefficient (Wildman–Crippen LogP) is 1.85. The van der Waals surface area contributed by atoms with Crippen molar-refractivity contribution in [1.82, 2.24) is 10.6 Å². The number of carbonyl (C=O) groups is 1. The van der Waals surface area contributed by atoms with Crippen molar-refractivity contribution in [2.24, 2.45) is 0 Å². The van der Waals surface area contributed by atoms with Gasteiger partial charge in [-0.1, -0.05) is 42.5 Å². The van der Waals surface area contributed by atoms with Crippen LogP contribution in [-0.2, 0) is 4.79 Å². The summed E-state index contributed by atoms with van der Waals surface area (Å²) in [4.78, 5) is 12.0. The number of aromatic hydroxyl groups is 1. The van der Waals surface area contributed by atoms with Gasteiger partial charge in [-0.3, -0.25) is 10.1 Å². The molecule has 1 amide bonds. The third kappa shape index (κ3) is 2.30. The van der Waals surface area contributed by atoms with Gasteiger partial charge < -0.3 is 10.4 Å². The van der Waals surface area contributed by atoms with Gasteiger partial charge in [0.25, 0.3) is 0 Å². The molecule has 0 aromatic heterocycles. The summed E-state index contributed by atoms with van der Waals surface area (Å²) in [7, 11) is 0. The normalized spacial score (nSPS) is 22.2. The third-order valence-electron chi connectivity index (χ3n) is 3.24. The Bertz CT molecular complexity index is 581. The van der Waals surface area contributed by atoms with Crippen molar-refractivity contribution in [2.75, 3.05) is 0 Å². The zero-order valence-electron chi connectivity index (χ0n) is 10.2. The summed E-state index contributed by atoms with van der Waals surface area (Å²) in [5.74, 6) is 0.140. The molecule has 4 nitrogen and oxygen atoms in total. The van der Waals surface area contributed by atoms with E-state index in [-0.39, 0.29) is 23.9 Å². The average molecular weight is 254 g/mol. The van der Waals surface area contributed by atoms with Crippen LogP contribution in [0.2, 0.25) is 0 Å². The lowest BCUT2D eigenvalue weighted by molar-refractivity contribution is -0.120. The highest BCUT2D eigenvalue weighted by Crippen LogP contribution is 2.25. The number of hydrogen-bond donors (Lipinski definition) is 3. The fourth-order valence-corrected chi connectivity index (χ4v) is 2.25. The van der Waals surface area contributed by atoms with Gasteiger partial charge in [-0.05, 0) is 23.3 Å². The van der Waals surface area contributed by atoms with Crippen LogP contribution in [0.3, 0.4) is 0 Å². The van der Waals surface area contributed by atoms with E-state index in [0.29, 0.717) is 0 Å². The molecule has 0 radical (unpaired) electrons. The first-order chi connectivity index (χ1) is 9.24. The molecule has 1 aliphatic heterocycles. The first kappa shape index (κ1) is 11.7. The largest absolute Gasteiger partial charge is 0.508 e. The number of carbonyl (C=O) groups excluding carboxylic acids is 1. The molecule has 0 bridgehead atoms. The van der Waals surface area contributed by atoms with Crippen LogP contribution in [0.25, 0.3) is 0 Å². The molecule has 96 valence electrons.